The third kappa shape index (κ3) is 3.49. The Morgan fingerprint density at radius 2 is 1.83 bits per heavy atom. The summed E-state index contributed by atoms with van der Waals surface area (Å²) >= 11 is 0. The molecule has 0 spiro atoms. The van der Waals surface area contributed by atoms with Gasteiger partial charge in [0, 0.05) is 34.4 Å². The summed E-state index contributed by atoms with van der Waals surface area (Å²) in [6, 6.07) is 16.7. The summed E-state index contributed by atoms with van der Waals surface area (Å²) in [5.74, 6) is -0.160. The third-order valence-corrected chi connectivity index (χ3v) is 3.57. The van der Waals surface area contributed by atoms with Crippen LogP contribution in [0.3, 0.4) is 0 Å². The van der Waals surface area contributed by atoms with Crippen LogP contribution in [0.5, 0.6) is 0 Å². The Morgan fingerprint density at radius 3 is 2.58 bits per heavy atom. The number of benzene rings is 2. The Morgan fingerprint density at radius 1 is 1.12 bits per heavy atom. The van der Waals surface area contributed by atoms with Gasteiger partial charge >= 0.3 is 0 Å². The summed E-state index contributed by atoms with van der Waals surface area (Å²) in [7, 11) is 0. The van der Waals surface area contributed by atoms with E-state index in [1.807, 2.05) is 54.6 Å². The maximum absolute atomic E-state index is 12.2. The molecule has 0 radical (unpaired) electrons. The second-order valence-electron chi connectivity index (χ2n) is 5.24. The minimum atomic E-state index is -0.506. The first-order chi connectivity index (χ1) is 11.6. The molecule has 0 saturated carbocycles. The summed E-state index contributed by atoms with van der Waals surface area (Å²) in [6.07, 6.45) is 4.08. The van der Waals surface area contributed by atoms with Crippen molar-refractivity contribution in [3.8, 4) is 0 Å². The number of aromatic nitrogens is 1. The van der Waals surface area contributed by atoms with Gasteiger partial charge in [-0.3, -0.25) is 14.9 Å². The topological polar surface area (TPSA) is 77.2 Å². The minimum absolute atomic E-state index is 0.127. The van der Waals surface area contributed by atoms with Crippen molar-refractivity contribution in [2.45, 2.75) is 6.54 Å². The number of hydrogen-bond acceptors (Lipinski definition) is 3. The molecule has 0 unspecified atom stereocenters. The van der Waals surface area contributed by atoms with Crippen LogP contribution in [0.2, 0.25) is 0 Å². The van der Waals surface area contributed by atoms with Crippen molar-refractivity contribution in [2.24, 2.45) is 0 Å². The van der Waals surface area contributed by atoms with Gasteiger partial charge < -0.3 is 9.88 Å². The molecule has 1 heterocycles. The van der Waals surface area contributed by atoms with Crippen molar-refractivity contribution in [2.75, 3.05) is 5.32 Å². The monoisotopic (exact) mass is 321 g/mol. The first kappa shape index (κ1) is 15.5. The molecule has 2 aromatic carbocycles. The summed E-state index contributed by atoms with van der Waals surface area (Å²) in [5.41, 5.74) is 2.28. The zero-order chi connectivity index (χ0) is 16.9. The molecule has 3 rings (SSSR count). The quantitative estimate of drug-likeness (QED) is 0.577. The van der Waals surface area contributed by atoms with Crippen molar-refractivity contribution in [3.63, 3.8) is 0 Å². The molecule has 24 heavy (non-hydrogen) atoms. The standard InChI is InChI=1S/C18H15N3O3/c22-18(19-15-6-2-1-3-7-15)13-20-12-14(10-11-21(23)24)16-8-4-5-9-17(16)20/h1-12H,13H2,(H,19,22)/b11-10+. The molecule has 0 aliphatic rings. The Balaban J connectivity index is 1.86. The second kappa shape index (κ2) is 6.78. The maximum Gasteiger partial charge on any atom is 0.244 e. The number of hydrogen-bond donors (Lipinski definition) is 1. The molecular weight excluding hydrogens is 306 g/mol. The van der Waals surface area contributed by atoms with Gasteiger partial charge in [-0.25, -0.2) is 0 Å². The van der Waals surface area contributed by atoms with E-state index >= 15 is 0 Å². The molecule has 0 fully saturated rings. The Labute approximate surface area is 138 Å². The van der Waals surface area contributed by atoms with Gasteiger partial charge in [0.15, 0.2) is 0 Å². The van der Waals surface area contributed by atoms with Crippen molar-refractivity contribution in [1.29, 1.82) is 0 Å². The van der Waals surface area contributed by atoms with Crippen molar-refractivity contribution in [3.05, 3.63) is 82.7 Å². The molecule has 1 N–H and O–H groups in total. The molecule has 1 amide bonds. The molecule has 0 saturated heterocycles. The van der Waals surface area contributed by atoms with Crippen LogP contribution in [0.4, 0.5) is 5.69 Å². The average Bonchev–Trinajstić information content (AvgIpc) is 2.92. The van der Waals surface area contributed by atoms with Crippen molar-refractivity contribution >= 4 is 28.6 Å². The highest BCUT2D eigenvalue weighted by Crippen LogP contribution is 2.22. The number of carbonyl (C=O) groups excluding carboxylic acids is 1. The van der Waals surface area contributed by atoms with Gasteiger partial charge in [0.1, 0.15) is 6.54 Å². The number of anilines is 1. The molecule has 6 nitrogen and oxygen atoms in total. The van der Waals surface area contributed by atoms with Gasteiger partial charge in [-0.05, 0) is 18.2 Å². The second-order valence-corrected chi connectivity index (χ2v) is 5.24. The van der Waals surface area contributed by atoms with Gasteiger partial charge in [0.25, 0.3) is 0 Å². The van der Waals surface area contributed by atoms with Crippen LogP contribution in [0, 0.1) is 10.1 Å². The van der Waals surface area contributed by atoms with Gasteiger partial charge in [-0.1, -0.05) is 36.4 Å². The lowest BCUT2D eigenvalue weighted by Gasteiger charge is -2.07. The van der Waals surface area contributed by atoms with Crippen LogP contribution < -0.4 is 5.32 Å². The van der Waals surface area contributed by atoms with Gasteiger partial charge in [0.2, 0.25) is 12.1 Å². The molecule has 6 heteroatoms. The zero-order valence-electron chi connectivity index (χ0n) is 12.8. The normalized spacial score (nSPS) is 11.0. The van der Waals surface area contributed by atoms with Crippen LogP contribution in [-0.4, -0.2) is 15.4 Å². The zero-order valence-corrected chi connectivity index (χ0v) is 12.8. The van der Waals surface area contributed by atoms with E-state index in [1.54, 1.807) is 10.8 Å². The number of para-hydroxylation sites is 2. The van der Waals surface area contributed by atoms with E-state index in [4.69, 9.17) is 0 Å². The van der Waals surface area contributed by atoms with E-state index in [2.05, 4.69) is 5.32 Å². The molecule has 0 bridgehead atoms. The summed E-state index contributed by atoms with van der Waals surface area (Å²) in [6.45, 7) is 0.127. The van der Waals surface area contributed by atoms with Crippen LogP contribution in [0.15, 0.2) is 67.0 Å². The molecular formula is C18H15N3O3. The lowest BCUT2D eigenvalue weighted by Crippen LogP contribution is -2.18. The molecule has 0 aliphatic carbocycles. The molecule has 3 aromatic rings. The number of nitro groups is 1. The molecule has 0 atom stereocenters. The predicted molar refractivity (Wildman–Crippen MR) is 93.0 cm³/mol. The summed E-state index contributed by atoms with van der Waals surface area (Å²) in [5, 5.41) is 14.2. The van der Waals surface area contributed by atoms with E-state index in [1.165, 1.54) is 6.08 Å². The first-order valence-corrected chi connectivity index (χ1v) is 7.38. The summed E-state index contributed by atoms with van der Waals surface area (Å²) < 4.78 is 1.78. The fourth-order valence-electron chi connectivity index (χ4n) is 2.56. The maximum atomic E-state index is 12.2. The number of fused-ring (bicyclic) bond motifs is 1. The highest BCUT2D eigenvalue weighted by Gasteiger charge is 2.10. The SMILES string of the molecule is O=C(Cn1cc(/C=C/[N+](=O)[O-])c2ccccc21)Nc1ccccc1. The molecule has 120 valence electrons. The van der Waals surface area contributed by atoms with E-state index < -0.39 is 4.92 Å². The van der Waals surface area contributed by atoms with E-state index in [0.717, 1.165) is 22.8 Å². The van der Waals surface area contributed by atoms with Crippen molar-refractivity contribution < 1.29 is 9.72 Å². The van der Waals surface area contributed by atoms with Crippen LogP contribution in [0.1, 0.15) is 5.56 Å². The van der Waals surface area contributed by atoms with E-state index in [0.29, 0.717) is 5.56 Å². The number of carbonyl (C=O) groups is 1. The fraction of sp³-hybridized carbons (Fsp3) is 0.0556. The largest absolute Gasteiger partial charge is 0.337 e. The predicted octanol–water partition coefficient (Wildman–Crippen LogP) is 3.53. The fourth-order valence-corrected chi connectivity index (χ4v) is 2.56. The van der Waals surface area contributed by atoms with Gasteiger partial charge in [0.05, 0.1) is 4.92 Å². The summed E-state index contributed by atoms with van der Waals surface area (Å²) in [4.78, 5) is 22.3. The van der Waals surface area contributed by atoms with Crippen molar-refractivity contribution in [1.82, 2.24) is 4.57 Å². The first-order valence-electron chi connectivity index (χ1n) is 7.38. The number of nitrogens with zero attached hydrogens (tertiary/aromatic N) is 2. The Kier molecular flexibility index (Phi) is 4.38. The van der Waals surface area contributed by atoms with E-state index in [9.17, 15) is 14.9 Å². The van der Waals surface area contributed by atoms with Gasteiger partial charge in [-0.15, -0.1) is 0 Å². The Hall–Kier alpha value is -3.41. The van der Waals surface area contributed by atoms with E-state index in [-0.39, 0.29) is 12.5 Å². The number of nitrogens with one attached hydrogen (secondary N) is 1. The number of amides is 1. The lowest BCUT2D eigenvalue weighted by molar-refractivity contribution is -0.400. The average molecular weight is 321 g/mol. The van der Waals surface area contributed by atoms with Crippen LogP contribution in [0.25, 0.3) is 17.0 Å². The minimum Gasteiger partial charge on any atom is -0.337 e. The highest BCUT2D eigenvalue weighted by molar-refractivity contribution is 5.94. The van der Waals surface area contributed by atoms with Crippen LogP contribution in [-0.2, 0) is 11.3 Å². The molecule has 1 aromatic heterocycles. The lowest BCUT2D eigenvalue weighted by atomic mass is 10.2. The highest BCUT2D eigenvalue weighted by atomic mass is 16.6. The smallest absolute Gasteiger partial charge is 0.244 e. The number of rotatable bonds is 5. The van der Waals surface area contributed by atoms with Gasteiger partial charge in [-0.2, -0.15) is 0 Å². The molecule has 0 aliphatic heterocycles. The van der Waals surface area contributed by atoms with Crippen LogP contribution >= 0.6 is 0 Å². The third-order valence-electron chi connectivity index (χ3n) is 3.57. The Bertz CT molecular complexity index is 914.